The molecule has 0 spiro atoms. The van der Waals surface area contributed by atoms with Gasteiger partial charge in [-0.25, -0.2) is 0 Å². The highest BCUT2D eigenvalue weighted by Gasteiger charge is 2.54. The Morgan fingerprint density at radius 2 is 1.18 bits per heavy atom. The lowest BCUT2D eigenvalue weighted by Crippen LogP contribution is -2.41. The molecule has 2 saturated heterocycles. The molecule has 2 aromatic heterocycles. The molecule has 258 valence electrons. The zero-order valence-corrected chi connectivity index (χ0v) is 33.4. The Bertz CT molecular complexity index is 1080. The molecule has 6 nitrogen and oxygen atoms in total. The van der Waals surface area contributed by atoms with Crippen molar-refractivity contribution in [2.45, 2.75) is 164 Å². The van der Waals surface area contributed by atoms with E-state index in [1.807, 2.05) is 55.4 Å². The van der Waals surface area contributed by atoms with Crippen LogP contribution in [0.1, 0.15) is 136 Å². The number of ether oxygens (including phenoxy) is 1. The van der Waals surface area contributed by atoms with Gasteiger partial charge < -0.3 is 28.0 Å². The van der Waals surface area contributed by atoms with Gasteiger partial charge in [-0.15, -0.1) is 0 Å². The quantitative estimate of drug-likeness (QED) is 0.297. The predicted octanol–water partition coefficient (Wildman–Crippen LogP) is 9.43. The molecule has 0 saturated carbocycles. The predicted molar refractivity (Wildman–Crippen MR) is 196 cm³/mol. The van der Waals surface area contributed by atoms with Crippen molar-refractivity contribution in [3.8, 4) is 0 Å². The number of rotatable bonds is 5. The fourth-order valence-corrected chi connectivity index (χ4v) is 5.98. The van der Waals surface area contributed by atoms with Gasteiger partial charge in [0.05, 0.1) is 22.4 Å². The van der Waals surface area contributed by atoms with Crippen LogP contribution in [0, 0.1) is 0 Å². The summed E-state index contributed by atoms with van der Waals surface area (Å²) >= 11 is 3.49. The van der Waals surface area contributed by atoms with Crippen LogP contribution in [0.15, 0.2) is 28.3 Å². The number of hydrogen-bond acceptors (Lipinski definition) is 8. The summed E-state index contributed by atoms with van der Waals surface area (Å²) in [5, 5.41) is 6.46. The Labute approximate surface area is 285 Å². The molecule has 0 radical (unpaired) electrons. The summed E-state index contributed by atoms with van der Waals surface area (Å²) < 4.78 is 35.0. The molecule has 2 fully saturated rings. The maximum Gasteiger partial charge on any atom is 0.640 e. The summed E-state index contributed by atoms with van der Waals surface area (Å²) in [6.45, 7) is 39.4. The van der Waals surface area contributed by atoms with Crippen molar-refractivity contribution in [3.63, 3.8) is 0 Å². The van der Waals surface area contributed by atoms with E-state index in [0.717, 1.165) is 13.2 Å². The van der Waals surface area contributed by atoms with Crippen molar-refractivity contribution in [2.24, 2.45) is 0 Å². The van der Waals surface area contributed by atoms with E-state index in [-0.39, 0.29) is 41.0 Å². The first-order valence-electron chi connectivity index (χ1n) is 16.4. The van der Waals surface area contributed by atoms with E-state index < -0.39 is 7.32 Å². The van der Waals surface area contributed by atoms with Gasteiger partial charge in [-0.05, 0) is 133 Å². The normalized spacial score (nSPS) is 19.7. The van der Waals surface area contributed by atoms with Crippen molar-refractivity contribution >= 4 is 41.9 Å². The smallest absolute Gasteiger partial charge is 0.399 e. The molecule has 45 heavy (non-hydrogen) atoms. The van der Waals surface area contributed by atoms with Gasteiger partial charge in [0.15, 0.2) is 0 Å². The second-order valence-electron chi connectivity index (χ2n) is 15.8. The Hall–Kier alpha value is -0.710. The maximum atomic E-state index is 6.13. The summed E-state index contributed by atoms with van der Waals surface area (Å²) in [4.78, 5) is 0. The summed E-state index contributed by atoms with van der Waals surface area (Å²) in [5.74, 6) is 0. The molecule has 4 rings (SSSR count). The first-order valence-corrected chi connectivity index (χ1v) is 18.2. The average molecular weight is 667 g/mol. The van der Waals surface area contributed by atoms with Gasteiger partial charge in [-0.2, -0.15) is 22.7 Å². The van der Waals surface area contributed by atoms with Gasteiger partial charge in [0.1, 0.15) is 0 Å². The van der Waals surface area contributed by atoms with Gasteiger partial charge in [0.25, 0.3) is 0 Å². The fourth-order valence-electron chi connectivity index (χ4n) is 4.04. The van der Waals surface area contributed by atoms with E-state index in [1.165, 1.54) is 15.9 Å². The Morgan fingerprint density at radius 1 is 0.711 bits per heavy atom. The van der Waals surface area contributed by atoms with Gasteiger partial charge >= 0.3 is 14.4 Å². The van der Waals surface area contributed by atoms with Crippen molar-refractivity contribution < 1.29 is 28.0 Å². The number of thiophene rings is 2. The highest BCUT2D eigenvalue weighted by atomic mass is 32.1. The minimum Gasteiger partial charge on any atom is -0.399 e. The molecule has 0 bridgehead atoms. The molecular weight excluding hydrogens is 602 g/mol. The summed E-state index contributed by atoms with van der Waals surface area (Å²) in [5.41, 5.74) is 2.09. The van der Waals surface area contributed by atoms with E-state index in [2.05, 4.69) is 97.5 Å². The molecular formula is C35H64B2O6S2. The van der Waals surface area contributed by atoms with Gasteiger partial charge in [-0.1, -0.05) is 41.5 Å². The summed E-state index contributed by atoms with van der Waals surface area (Å²) in [7, 11) is -0.755. The molecule has 0 amide bonds. The van der Waals surface area contributed by atoms with Crippen molar-refractivity contribution in [2.75, 3.05) is 13.2 Å². The van der Waals surface area contributed by atoms with E-state index >= 15 is 0 Å². The van der Waals surface area contributed by atoms with E-state index in [0.29, 0.717) is 5.41 Å². The number of hydrogen-bond donors (Lipinski definition) is 0. The monoisotopic (exact) mass is 666 g/mol. The second-order valence-corrected chi connectivity index (χ2v) is 17.5. The average Bonchev–Trinajstić information content (AvgIpc) is 3.61. The topological polar surface area (TPSA) is 55.4 Å². The molecule has 0 N–H and O–H groups in total. The van der Waals surface area contributed by atoms with Crippen LogP contribution in [0.4, 0.5) is 0 Å². The molecule has 2 aliphatic rings. The Balaban J connectivity index is 0.000000328. The first-order chi connectivity index (χ1) is 20.3. The Kier molecular flexibility index (Phi) is 15.6. The highest BCUT2D eigenvalue weighted by Crippen LogP contribution is 2.38. The zero-order valence-electron chi connectivity index (χ0n) is 31.8. The van der Waals surface area contributed by atoms with E-state index in [1.54, 1.807) is 22.7 Å². The van der Waals surface area contributed by atoms with Crippen LogP contribution < -0.4 is 4.78 Å². The molecule has 0 unspecified atom stereocenters. The first kappa shape index (κ1) is 42.3. The molecule has 0 aromatic carbocycles. The van der Waals surface area contributed by atoms with E-state index in [4.69, 9.17) is 28.0 Å². The van der Waals surface area contributed by atoms with Crippen molar-refractivity contribution in [1.82, 2.24) is 0 Å². The molecule has 2 aliphatic heterocycles. The third-order valence-corrected chi connectivity index (χ3v) is 10.0. The lowest BCUT2D eigenvalue weighted by Gasteiger charge is -2.32. The third-order valence-electron chi connectivity index (χ3n) is 8.38. The molecule has 0 aliphatic carbocycles. The fraction of sp³-hybridized carbons (Fsp3) is 0.771. The molecule has 2 aromatic rings. The standard InChI is InChI=1S/C14H23BO2S.C9H19BO3.C8H12S.C4H10O/c1-12(2,3)10-8-9-18-11(10)15-16-13(4,5)14(6,7)17-15;1-7(2)11-10-12-8(3,4)9(5,6)13-10;1-8(2,3)7-4-5-9-6-7;1-3-5-4-2/h8-9H,1-7H3;7H,1-6H3;4-6H,1-3H3;3-4H2,1-2H3. The molecule has 10 heteroatoms. The summed E-state index contributed by atoms with van der Waals surface area (Å²) in [6, 6.07) is 4.37. The highest BCUT2D eigenvalue weighted by molar-refractivity contribution is 7.21. The minimum atomic E-state index is -0.523. The van der Waals surface area contributed by atoms with Crippen LogP contribution in [0.5, 0.6) is 0 Å². The SMILES string of the molecule is CC(C)(C)c1ccsc1.CC(C)(C)c1ccsc1B1OC(C)(C)C(C)(C)O1.CC(C)OB1OC(C)(C)C(C)(C)O1.CCOCC. The van der Waals surface area contributed by atoms with Gasteiger partial charge in [0.2, 0.25) is 0 Å². The van der Waals surface area contributed by atoms with Gasteiger partial charge in [-0.3, -0.25) is 0 Å². The van der Waals surface area contributed by atoms with Crippen LogP contribution in [0.25, 0.3) is 0 Å². The van der Waals surface area contributed by atoms with Crippen LogP contribution in [0.3, 0.4) is 0 Å². The third kappa shape index (κ3) is 12.7. The van der Waals surface area contributed by atoms with Crippen LogP contribution >= 0.6 is 22.7 Å². The van der Waals surface area contributed by atoms with Crippen LogP contribution in [-0.4, -0.2) is 56.2 Å². The van der Waals surface area contributed by atoms with Crippen LogP contribution in [0.2, 0.25) is 0 Å². The maximum absolute atomic E-state index is 6.13. The second kappa shape index (κ2) is 16.6. The largest absolute Gasteiger partial charge is 0.640 e. The van der Waals surface area contributed by atoms with Crippen LogP contribution in [-0.2, 0) is 38.8 Å². The lowest BCUT2D eigenvalue weighted by molar-refractivity contribution is 0.00578. The van der Waals surface area contributed by atoms with Crippen molar-refractivity contribution in [3.05, 3.63) is 39.4 Å². The minimum absolute atomic E-state index is 0.120. The van der Waals surface area contributed by atoms with E-state index in [9.17, 15) is 0 Å². The molecule has 0 atom stereocenters. The zero-order chi connectivity index (χ0) is 35.1. The van der Waals surface area contributed by atoms with Gasteiger partial charge in [0, 0.05) is 24.1 Å². The summed E-state index contributed by atoms with van der Waals surface area (Å²) in [6.07, 6.45) is 0.120. The Morgan fingerprint density at radius 3 is 1.49 bits per heavy atom. The van der Waals surface area contributed by atoms with Crippen molar-refractivity contribution in [1.29, 1.82) is 0 Å². The molecule has 4 heterocycles. The lowest BCUT2D eigenvalue weighted by atomic mass is 9.76.